The van der Waals surface area contributed by atoms with Crippen molar-refractivity contribution in [2.45, 2.75) is 32.2 Å². The molecule has 0 radical (unpaired) electrons. The van der Waals surface area contributed by atoms with Crippen LogP contribution in [0.2, 0.25) is 0 Å². The zero-order valence-electron chi connectivity index (χ0n) is 20.6. The maximum Gasteiger partial charge on any atom is 0.336 e. The lowest BCUT2D eigenvalue weighted by Crippen LogP contribution is -2.46. The van der Waals surface area contributed by atoms with Crippen LogP contribution in [0, 0.1) is 0 Å². The van der Waals surface area contributed by atoms with Crippen molar-refractivity contribution in [2.24, 2.45) is 0 Å². The number of aryl methyl sites for hydroxylation is 1. The van der Waals surface area contributed by atoms with E-state index in [-0.39, 0.29) is 64.6 Å². The van der Waals surface area contributed by atoms with E-state index in [1.54, 1.807) is 19.9 Å². The van der Waals surface area contributed by atoms with Crippen LogP contribution in [0.4, 0.5) is 0 Å². The van der Waals surface area contributed by atoms with Gasteiger partial charge >= 0.3 is 11.9 Å². The molecule has 38 heavy (non-hydrogen) atoms. The van der Waals surface area contributed by atoms with E-state index < -0.39 is 17.5 Å². The Morgan fingerprint density at radius 2 is 1.66 bits per heavy atom. The average Bonchev–Trinajstić information content (AvgIpc) is 2.85. The van der Waals surface area contributed by atoms with Crippen LogP contribution in [0.1, 0.15) is 46.5 Å². The predicted octanol–water partition coefficient (Wildman–Crippen LogP) is 3.49. The monoisotopic (exact) mass is 519 g/mol. The number of aliphatic hydroxyl groups excluding tert-OH is 1. The Bertz CT molecular complexity index is 1620. The first-order valence-electron chi connectivity index (χ1n) is 11.7. The second-order valence-electron chi connectivity index (χ2n) is 9.57. The number of carbonyl (C=O) groups excluding carboxylic acids is 1. The molecule has 0 bridgehead atoms. The van der Waals surface area contributed by atoms with Crippen LogP contribution in [-0.2, 0) is 11.2 Å². The van der Waals surface area contributed by atoms with Gasteiger partial charge in [-0.05, 0) is 61.7 Å². The quantitative estimate of drug-likeness (QED) is 0.218. The Morgan fingerprint density at radius 3 is 2.32 bits per heavy atom. The van der Waals surface area contributed by atoms with Crippen molar-refractivity contribution >= 4 is 28.8 Å². The molecule has 0 atom stereocenters. The van der Waals surface area contributed by atoms with Crippen LogP contribution >= 0.6 is 0 Å². The van der Waals surface area contributed by atoms with Crippen molar-refractivity contribution in [1.82, 2.24) is 5.32 Å². The SMILES string of the molecule is CC(C)(CO)NC(=O)CCc1cc2c(-c3ccc(C(=O)O)cc3C(=O)O)c3ccc(=O)cc-3oc2cc1O. The van der Waals surface area contributed by atoms with E-state index in [0.717, 1.165) is 6.07 Å². The number of benzene rings is 3. The smallest absolute Gasteiger partial charge is 0.336 e. The maximum atomic E-state index is 12.4. The number of fused-ring (bicyclic) bond motifs is 2. The van der Waals surface area contributed by atoms with E-state index in [9.17, 15) is 39.6 Å². The van der Waals surface area contributed by atoms with Crippen LogP contribution in [0.15, 0.2) is 57.7 Å². The summed E-state index contributed by atoms with van der Waals surface area (Å²) in [4.78, 5) is 48.1. The number of aromatic carboxylic acids is 2. The first-order valence-corrected chi connectivity index (χ1v) is 11.7. The fourth-order valence-electron chi connectivity index (χ4n) is 4.24. The molecule has 0 fully saturated rings. The molecule has 1 aliphatic heterocycles. The third kappa shape index (κ3) is 5.21. The van der Waals surface area contributed by atoms with E-state index in [2.05, 4.69) is 5.32 Å². The fraction of sp³-hybridized carbons (Fsp3) is 0.214. The molecular weight excluding hydrogens is 494 g/mol. The molecular formula is C28H25NO9. The summed E-state index contributed by atoms with van der Waals surface area (Å²) in [6.45, 7) is 3.08. The molecule has 0 unspecified atom stereocenters. The van der Waals surface area contributed by atoms with Crippen molar-refractivity contribution in [3.63, 3.8) is 0 Å². The first kappa shape index (κ1) is 26.4. The molecule has 4 rings (SSSR count). The van der Waals surface area contributed by atoms with Crippen LogP contribution in [0.3, 0.4) is 0 Å². The number of hydrogen-bond donors (Lipinski definition) is 5. The highest BCUT2D eigenvalue weighted by Crippen LogP contribution is 2.43. The number of carbonyl (C=O) groups is 3. The van der Waals surface area contributed by atoms with E-state index in [0.29, 0.717) is 22.1 Å². The van der Waals surface area contributed by atoms with Gasteiger partial charge in [-0.25, -0.2) is 9.59 Å². The minimum absolute atomic E-state index is 0.00419. The van der Waals surface area contributed by atoms with Gasteiger partial charge < -0.3 is 30.2 Å². The number of amides is 1. The molecule has 2 aromatic carbocycles. The molecule has 196 valence electrons. The number of phenolic OH excluding ortho intramolecular Hbond substituents is 1. The Balaban J connectivity index is 1.93. The molecule has 5 N–H and O–H groups in total. The predicted molar refractivity (Wildman–Crippen MR) is 138 cm³/mol. The van der Waals surface area contributed by atoms with E-state index in [1.165, 1.54) is 36.4 Å². The van der Waals surface area contributed by atoms with Gasteiger partial charge in [0.15, 0.2) is 5.43 Å². The largest absolute Gasteiger partial charge is 0.508 e. The van der Waals surface area contributed by atoms with E-state index in [1.807, 2.05) is 0 Å². The summed E-state index contributed by atoms with van der Waals surface area (Å²) in [5.74, 6) is -3.00. The number of carboxylic acids is 2. The van der Waals surface area contributed by atoms with E-state index >= 15 is 0 Å². The van der Waals surface area contributed by atoms with Gasteiger partial charge in [0.05, 0.1) is 23.3 Å². The summed E-state index contributed by atoms with van der Waals surface area (Å²) in [6.07, 6.45) is 0.117. The molecule has 0 saturated carbocycles. The molecule has 1 heterocycles. The van der Waals surface area contributed by atoms with Crippen LogP contribution < -0.4 is 10.7 Å². The summed E-state index contributed by atoms with van der Waals surface area (Å²) in [6, 6.07) is 10.6. The Hall–Kier alpha value is -4.70. The molecule has 1 aliphatic carbocycles. The number of carboxylic acid groups (broad SMARTS) is 2. The number of aliphatic hydroxyl groups is 1. The number of hydrogen-bond acceptors (Lipinski definition) is 7. The van der Waals surface area contributed by atoms with E-state index in [4.69, 9.17) is 4.42 Å². The molecule has 10 nitrogen and oxygen atoms in total. The number of phenols is 1. The van der Waals surface area contributed by atoms with Crippen molar-refractivity contribution in [2.75, 3.05) is 6.61 Å². The topological polar surface area (TPSA) is 174 Å². The van der Waals surface area contributed by atoms with Gasteiger partial charge in [0, 0.05) is 35.1 Å². The Kier molecular flexibility index (Phi) is 6.93. The molecule has 10 heteroatoms. The molecule has 0 saturated heterocycles. The summed E-state index contributed by atoms with van der Waals surface area (Å²) < 4.78 is 5.88. The van der Waals surface area contributed by atoms with Gasteiger partial charge in [0.1, 0.15) is 17.1 Å². The average molecular weight is 520 g/mol. The highest BCUT2D eigenvalue weighted by atomic mass is 16.4. The summed E-state index contributed by atoms with van der Waals surface area (Å²) >= 11 is 0. The zero-order valence-corrected chi connectivity index (χ0v) is 20.6. The minimum Gasteiger partial charge on any atom is -0.508 e. The van der Waals surface area contributed by atoms with Gasteiger partial charge in [0.2, 0.25) is 5.91 Å². The Labute approximate surface area is 216 Å². The lowest BCUT2D eigenvalue weighted by Gasteiger charge is -2.23. The Morgan fingerprint density at radius 1 is 0.947 bits per heavy atom. The molecule has 0 spiro atoms. The normalized spacial score (nSPS) is 11.6. The minimum atomic E-state index is -1.35. The summed E-state index contributed by atoms with van der Waals surface area (Å²) in [5, 5.41) is 42.4. The van der Waals surface area contributed by atoms with Crippen molar-refractivity contribution < 1.29 is 39.2 Å². The lowest BCUT2D eigenvalue weighted by atomic mass is 9.89. The van der Waals surface area contributed by atoms with Crippen LogP contribution in [0.25, 0.3) is 33.4 Å². The van der Waals surface area contributed by atoms with Gasteiger partial charge in [-0.3, -0.25) is 9.59 Å². The third-order valence-corrected chi connectivity index (χ3v) is 6.15. The highest BCUT2D eigenvalue weighted by Gasteiger charge is 2.24. The van der Waals surface area contributed by atoms with Gasteiger partial charge in [-0.2, -0.15) is 0 Å². The number of nitrogens with one attached hydrogen (secondary N) is 1. The third-order valence-electron chi connectivity index (χ3n) is 6.15. The van der Waals surface area contributed by atoms with Crippen molar-refractivity contribution in [3.8, 4) is 28.2 Å². The summed E-state index contributed by atoms with van der Waals surface area (Å²) in [7, 11) is 0. The fourth-order valence-corrected chi connectivity index (χ4v) is 4.24. The second-order valence-corrected chi connectivity index (χ2v) is 9.57. The second kappa shape index (κ2) is 9.98. The standard InChI is InChI=1S/C28H25NO9/c1-28(2,13-30)29-24(33)8-4-14-9-20-23(12-21(14)32)38-22-11-16(31)5-7-18(22)25(20)17-6-3-15(26(34)35)10-19(17)27(36)37/h3,5-7,9-12,30,32H,4,8,13H2,1-2H3,(H,29,33)(H,34,35)(H,36,37). The first-order chi connectivity index (χ1) is 17.9. The lowest BCUT2D eigenvalue weighted by molar-refractivity contribution is -0.123. The van der Waals surface area contributed by atoms with Gasteiger partial charge in [-0.15, -0.1) is 0 Å². The molecule has 0 aromatic heterocycles. The van der Waals surface area contributed by atoms with Crippen molar-refractivity contribution in [3.05, 3.63) is 75.4 Å². The zero-order chi connectivity index (χ0) is 27.8. The van der Waals surface area contributed by atoms with Crippen LogP contribution in [0.5, 0.6) is 5.75 Å². The number of rotatable bonds is 8. The van der Waals surface area contributed by atoms with Crippen molar-refractivity contribution in [1.29, 1.82) is 0 Å². The summed E-state index contributed by atoms with van der Waals surface area (Å²) in [5.41, 5.74) is -0.154. The maximum absolute atomic E-state index is 12.4. The molecule has 2 aromatic rings. The number of aromatic hydroxyl groups is 1. The van der Waals surface area contributed by atoms with Gasteiger partial charge in [0.25, 0.3) is 0 Å². The highest BCUT2D eigenvalue weighted by molar-refractivity contribution is 6.08. The van der Waals surface area contributed by atoms with Gasteiger partial charge in [-0.1, -0.05) is 6.07 Å². The molecule has 1 amide bonds. The van der Waals surface area contributed by atoms with Crippen LogP contribution in [-0.4, -0.2) is 50.4 Å². The molecule has 2 aliphatic rings.